The number of nitrogens with one attached hydrogen (secondary N) is 1. The van der Waals surface area contributed by atoms with E-state index in [1.165, 1.54) is 13.8 Å². The topological polar surface area (TPSA) is 172 Å². The number of carbonyl (C=O) groups is 4. The van der Waals surface area contributed by atoms with Crippen molar-refractivity contribution in [2.24, 2.45) is 11.5 Å². The number of anilines is 1. The van der Waals surface area contributed by atoms with Crippen LogP contribution in [0.15, 0.2) is 78.9 Å². The van der Waals surface area contributed by atoms with Crippen LogP contribution in [-0.2, 0) is 41.6 Å². The number of fused-ring (bicyclic) bond motifs is 1. The molecule has 1 aromatic heterocycles. The van der Waals surface area contributed by atoms with Crippen molar-refractivity contribution in [1.82, 2.24) is 14.9 Å². The van der Waals surface area contributed by atoms with Crippen LogP contribution in [0.25, 0.3) is 22.4 Å². The number of aromatic nitrogens is 2. The molecule has 1 heterocycles. The van der Waals surface area contributed by atoms with E-state index in [0.29, 0.717) is 56.7 Å². The summed E-state index contributed by atoms with van der Waals surface area (Å²) in [7, 11) is 0. The van der Waals surface area contributed by atoms with Gasteiger partial charge in [0.2, 0.25) is 11.8 Å². The molecule has 2 atom stereocenters. The molecule has 0 aliphatic carbocycles. The maximum Gasteiger partial charge on any atom is 0.302 e. The maximum atomic E-state index is 15.0. The number of imidazole rings is 1. The Hall–Kier alpha value is -5.57. The minimum Gasteiger partial charge on any atom is -0.464 e. The number of ether oxygens (including phenoxy) is 2. The second kappa shape index (κ2) is 18.8. The van der Waals surface area contributed by atoms with Crippen molar-refractivity contribution >= 4 is 63.7 Å². The summed E-state index contributed by atoms with van der Waals surface area (Å²) in [5, 5.41) is 3.51. The summed E-state index contributed by atoms with van der Waals surface area (Å²) in [6.07, 6.45) is -0.101. The van der Waals surface area contributed by atoms with Crippen LogP contribution in [0.3, 0.4) is 0 Å². The van der Waals surface area contributed by atoms with Gasteiger partial charge in [0.1, 0.15) is 30.7 Å². The number of nitrogens with zero attached hydrogens (tertiary/aromatic N) is 3. The van der Waals surface area contributed by atoms with Crippen LogP contribution in [-0.4, -0.2) is 65.6 Å². The second-order valence-corrected chi connectivity index (χ2v) is 13.8. The molecule has 0 bridgehead atoms. The van der Waals surface area contributed by atoms with Gasteiger partial charge in [-0.05, 0) is 84.3 Å². The summed E-state index contributed by atoms with van der Waals surface area (Å²) in [5.41, 5.74) is 15.5. The number of primary amides is 1. The van der Waals surface area contributed by atoms with E-state index in [0.717, 1.165) is 23.9 Å². The van der Waals surface area contributed by atoms with Gasteiger partial charge in [-0.25, -0.2) is 13.8 Å². The van der Waals surface area contributed by atoms with Crippen LogP contribution in [0.1, 0.15) is 43.0 Å². The first-order chi connectivity index (χ1) is 26.7. The molecule has 5 rings (SSSR count). The number of halogens is 4. The molecular formula is C40H40Cl2F2N6O6. The van der Waals surface area contributed by atoms with Gasteiger partial charge >= 0.3 is 11.9 Å². The van der Waals surface area contributed by atoms with Gasteiger partial charge in [-0.1, -0.05) is 35.3 Å². The van der Waals surface area contributed by atoms with Crippen molar-refractivity contribution in [3.05, 3.63) is 117 Å². The molecule has 0 spiro atoms. The fourth-order valence-corrected chi connectivity index (χ4v) is 6.44. The zero-order valence-corrected chi connectivity index (χ0v) is 32.1. The Morgan fingerprint density at radius 1 is 0.875 bits per heavy atom. The molecular weight excluding hydrogens is 769 g/mol. The van der Waals surface area contributed by atoms with E-state index in [-0.39, 0.29) is 38.2 Å². The third-order valence-electron chi connectivity index (χ3n) is 8.83. The number of nitrogens with two attached hydrogens (primary N) is 2. The first kappa shape index (κ1) is 41.6. The molecule has 0 radical (unpaired) electrons. The molecule has 0 aliphatic heterocycles. The predicted octanol–water partition coefficient (Wildman–Crippen LogP) is 5.87. The lowest BCUT2D eigenvalue weighted by atomic mass is 10.0. The van der Waals surface area contributed by atoms with Crippen LogP contribution in [0, 0.1) is 11.6 Å². The van der Waals surface area contributed by atoms with Crippen LogP contribution in [0.2, 0.25) is 10.0 Å². The number of carbonyl (C=O) groups excluding carboxylic acids is 4. The summed E-state index contributed by atoms with van der Waals surface area (Å²) >= 11 is 12.1. The molecule has 4 aromatic carbocycles. The summed E-state index contributed by atoms with van der Waals surface area (Å²) in [4.78, 5) is 55.1. The number of hydrogen-bond donors (Lipinski definition) is 3. The molecule has 0 aliphatic rings. The van der Waals surface area contributed by atoms with Crippen LogP contribution >= 0.6 is 23.2 Å². The van der Waals surface area contributed by atoms with E-state index in [9.17, 15) is 23.6 Å². The summed E-state index contributed by atoms with van der Waals surface area (Å²) in [6.45, 7) is 3.40. The number of rotatable bonds is 17. The van der Waals surface area contributed by atoms with Crippen molar-refractivity contribution < 1.29 is 37.4 Å². The van der Waals surface area contributed by atoms with E-state index in [1.807, 2.05) is 17.0 Å². The number of esters is 2. The highest BCUT2D eigenvalue weighted by atomic mass is 35.5. The van der Waals surface area contributed by atoms with Gasteiger partial charge in [-0.2, -0.15) is 0 Å². The summed E-state index contributed by atoms with van der Waals surface area (Å²) < 4.78 is 41.3. The van der Waals surface area contributed by atoms with Crippen LogP contribution < -0.4 is 21.7 Å². The molecule has 294 valence electrons. The average molecular weight is 810 g/mol. The fraction of sp³-hybridized carbons (Fsp3) is 0.275. The Balaban J connectivity index is 1.49. The normalized spacial score (nSPS) is 12.2. The molecule has 0 saturated carbocycles. The minimum atomic E-state index is -0.999. The third kappa shape index (κ3) is 11.0. The molecule has 0 saturated heterocycles. The minimum absolute atomic E-state index is 0.0849. The smallest absolute Gasteiger partial charge is 0.302 e. The Labute approximate surface area is 331 Å². The van der Waals surface area contributed by atoms with Gasteiger partial charge < -0.3 is 35.7 Å². The van der Waals surface area contributed by atoms with Crippen molar-refractivity contribution in [3.63, 3.8) is 0 Å². The van der Waals surface area contributed by atoms with E-state index in [4.69, 9.17) is 49.1 Å². The highest BCUT2D eigenvalue weighted by molar-refractivity contribution is 6.42. The van der Waals surface area contributed by atoms with E-state index in [1.54, 1.807) is 53.1 Å². The molecule has 5 N–H and O–H groups in total. The third-order valence-corrected chi connectivity index (χ3v) is 9.57. The molecule has 1 unspecified atom stereocenters. The molecule has 5 aromatic rings. The SMILES string of the molecule is CC(=O)OCCN(CCOC(C)=O)c1ccc(-c2nc3cc(C(CC(N)=O)NC(=O)[C@@H](N)Cc4ccc(Cl)c(Cl)c4)ccc3n2Cc2cc(F)ccc2F)cc1. The van der Waals surface area contributed by atoms with E-state index < -0.39 is 47.5 Å². The fourth-order valence-electron chi connectivity index (χ4n) is 6.11. The highest BCUT2D eigenvalue weighted by Crippen LogP contribution is 2.31. The first-order valence-electron chi connectivity index (χ1n) is 17.5. The van der Waals surface area contributed by atoms with Gasteiger partial charge in [0, 0.05) is 30.7 Å². The number of amides is 2. The van der Waals surface area contributed by atoms with Gasteiger partial charge in [-0.15, -0.1) is 0 Å². The maximum absolute atomic E-state index is 15.0. The highest BCUT2D eigenvalue weighted by Gasteiger charge is 2.24. The van der Waals surface area contributed by atoms with Crippen molar-refractivity contribution in [1.29, 1.82) is 0 Å². The van der Waals surface area contributed by atoms with Gasteiger partial charge in [0.15, 0.2) is 0 Å². The number of benzene rings is 4. The lowest BCUT2D eigenvalue weighted by Gasteiger charge is -2.24. The van der Waals surface area contributed by atoms with Gasteiger partial charge in [0.05, 0.1) is 59.2 Å². The number of hydrogen-bond acceptors (Lipinski definition) is 9. The Morgan fingerprint density at radius 3 is 2.18 bits per heavy atom. The van der Waals surface area contributed by atoms with E-state index in [2.05, 4.69) is 5.32 Å². The zero-order valence-electron chi connectivity index (χ0n) is 30.6. The van der Waals surface area contributed by atoms with Crippen molar-refractivity contribution in [2.75, 3.05) is 31.2 Å². The zero-order chi connectivity index (χ0) is 40.5. The lowest BCUT2D eigenvalue weighted by molar-refractivity contribution is -0.141. The summed E-state index contributed by atoms with van der Waals surface area (Å²) in [5.74, 6) is -2.86. The molecule has 2 amide bonds. The second-order valence-electron chi connectivity index (χ2n) is 13.0. The van der Waals surface area contributed by atoms with Crippen LogP contribution in [0.5, 0.6) is 0 Å². The van der Waals surface area contributed by atoms with Gasteiger partial charge in [0.25, 0.3) is 0 Å². The Bertz CT molecular complexity index is 2220. The molecule has 12 nitrogen and oxygen atoms in total. The van der Waals surface area contributed by atoms with E-state index >= 15 is 4.39 Å². The van der Waals surface area contributed by atoms with Crippen LogP contribution in [0.4, 0.5) is 14.5 Å². The predicted molar refractivity (Wildman–Crippen MR) is 209 cm³/mol. The standard InChI is InChI=1S/C40H40Cl2F2N6O6/c1-23(51)55-15-13-49(14-16-56-24(2)52)30-8-4-26(5-9-30)39-47-36-20-27(6-12-37(36)50(39)22-28-19-29(43)7-11-33(28)44)35(21-38(46)53)48-40(54)34(45)18-25-3-10-31(41)32(42)17-25/h3-12,17,19-20,34-35H,13-16,18,21-22,45H2,1-2H3,(H2,46,53)(H,48,54)/t34-,35?/m0/s1. The van der Waals surface area contributed by atoms with Crippen molar-refractivity contribution in [2.45, 2.75) is 45.3 Å². The largest absolute Gasteiger partial charge is 0.464 e. The average Bonchev–Trinajstić information content (AvgIpc) is 3.50. The molecule has 56 heavy (non-hydrogen) atoms. The Kier molecular flexibility index (Phi) is 14.0. The molecule has 0 fully saturated rings. The first-order valence-corrected chi connectivity index (χ1v) is 18.3. The molecule has 16 heteroatoms. The Morgan fingerprint density at radius 2 is 1.55 bits per heavy atom. The van der Waals surface area contributed by atoms with Gasteiger partial charge in [-0.3, -0.25) is 19.2 Å². The monoisotopic (exact) mass is 808 g/mol. The quantitative estimate of drug-likeness (QED) is 0.0972. The van der Waals surface area contributed by atoms with Crippen molar-refractivity contribution in [3.8, 4) is 11.4 Å². The lowest BCUT2D eigenvalue weighted by Crippen LogP contribution is -2.44. The summed E-state index contributed by atoms with van der Waals surface area (Å²) in [6, 6.07) is 18.6.